The molecule has 0 aromatic carbocycles. The van der Waals surface area contributed by atoms with Gasteiger partial charge in [0.2, 0.25) is 17.5 Å². The minimum atomic E-state index is -4.46. The molecule has 0 saturated heterocycles. The third-order valence-corrected chi connectivity index (χ3v) is 3.38. The quantitative estimate of drug-likeness (QED) is 0.676. The zero-order valence-corrected chi connectivity index (χ0v) is 14.6. The molecular weight excluding hydrogens is 367 g/mol. The van der Waals surface area contributed by atoms with E-state index in [1.807, 2.05) is 0 Å². The second kappa shape index (κ2) is 8.06. The van der Waals surface area contributed by atoms with E-state index in [0.29, 0.717) is 11.1 Å². The number of aryl methyl sites for hydroxylation is 1. The monoisotopic (exact) mass is 385 g/mol. The summed E-state index contributed by atoms with van der Waals surface area (Å²) in [4.78, 5) is 31.6. The number of aliphatic imine (C=N–C) groups is 1. The fraction of sp³-hybridized carbons (Fsp3) is 0.375. The summed E-state index contributed by atoms with van der Waals surface area (Å²) in [6.07, 6.45) is 0.920. The molecule has 0 fully saturated rings. The maximum absolute atomic E-state index is 12.5. The van der Waals surface area contributed by atoms with Crippen LogP contribution in [0.5, 0.6) is 5.88 Å². The van der Waals surface area contributed by atoms with Crippen LogP contribution in [0.2, 0.25) is 0 Å². The number of ether oxygens (including phenoxy) is 1. The van der Waals surface area contributed by atoms with Crippen molar-refractivity contribution in [3.8, 4) is 5.88 Å². The summed E-state index contributed by atoms with van der Waals surface area (Å²) >= 11 is 0. The lowest BCUT2D eigenvalue weighted by molar-refractivity contribution is -0.154. The maximum Gasteiger partial charge on any atom is 0.422 e. The number of nitrogens with one attached hydrogen (secondary N) is 3. The van der Waals surface area contributed by atoms with Crippen molar-refractivity contribution in [1.82, 2.24) is 20.9 Å². The van der Waals surface area contributed by atoms with E-state index in [1.165, 1.54) is 31.7 Å². The lowest BCUT2D eigenvalue weighted by atomic mass is 10.1. The molecule has 1 aromatic rings. The molecule has 2 rings (SSSR count). The van der Waals surface area contributed by atoms with E-state index in [-0.39, 0.29) is 12.4 Å². The smallest absolute Gasteiger partial charge is 0.422 e. The Morgan fingerprint density at radius 1 is 1.37 bits per heavy atom. The molecule has 1 atom stereocenters. The summed E-state index contributed by atoms with van der Waals surface area (Å²) in [5, 5.41) is 7.83. The fourth-order valence-electron chi connectivity index (χ4n) is 2.27. The molecule has 0 radical (unpaired) electrons. The minimum Gasteiger partial charge on any atom is -0.468 e. The molecule has 1 unspecified atom stereocenters. The topological polar surface area (TPSA) is 105 Å². The predicted molar refractivity (Wildman–Crippen MR) is 89.7 cm³/mol. The molecule has 0 bridgehead atoms. The second-order valence-corrected chi connectivity index (χ2v) is 5.78. The number of rotatable bonds is 6. The Kier molecular flexibility index (Phi) is 6.03. The normalized spacial score (nSPS) is 18.6. The van der Waals surface area contributed by atoms with Crippen LogP contribution in [0.25, 0.3) is 0 Å². The van der Waals surface area contributed by atoms with E-state index in [9.17, 15) is 22.8 Å². The molecule has 0 saturated carbocycles. The Hall–Kier alpha value is -3.11. The van der Waals surface area contributed by atoms with Gasteiger partial charge in [-0.25, -0.2) is 4.98 Å². The standard InChI is InChI=1S/C16H18F3N5O3/c1-10-5-12(6-21-13(10)27-9-16(17,18)19)7-22-14(26)15(24-11(2)25)8-20-3-4-23-15/h3-6,8,23H,7,9H2,1-2H3,(H,22,26)(H,24,25). The van der Waals surface area contributed by atoms with Gasteiger partial charge in [0, 0.05) is 37.6 Å². The van der Waals surface area contributed by atoms with Gasteiger partial charge >= 0.3 is 6.18 Å². The molecule has 0 aliphatic carbocycles. The number of hydrogen-bond acceptors (Lipinski definition) is 6. The summed E-state index contributed by atoms with van der Waals surface area (Å²) in [5.74, 6) is -1.15. The SMILES string of the molecule is CC(=O)NC1(C(=O)NCc2cnc(OCC(F)(F)F)c(C)c2)C=NC=CN1. The molecule has 146 valence electrons. The van der Waals surface area contributed by atoms with Gasteiger partial charge in [0.1, 0.15) is 0 Å². The Bertz CT molecular complexity index is 779. The Morgan fingerprint density at radius 2 is 2.11 bits per heavy atom. The van der Waals surface area contributed by atoms with Gasteiger partial charge < -0.3 is 20.7 Å². The van der Waals surface area contributed by atoms with Gasteiger partial charge in [0.05, 0.1) is 6.21 Å². The molecule has 1 aromatic heterocycles. The highest BCUT2D eigenvalue weighted by atomic mass is 19.4. The van der Waals surface area contributed by atoms with Crippen molar-refractivity contribution in [2.75, 3.05) is 6.61 Å². The van der Waals surface area contributed by atoms with Crippen LogP contribution in [0.3, 0.4) is 0 Å². The first-order valence-electron chi connectivity index (χ1n) is 7.80. The van der Waals surface area contributed by atoms with E-state index in [1.54, 1.807) is 13.0 Å². The molecule has 3 N–H and O–H groups in total. The molecule has 2 heterocycles. The largest absolute Gasteiger partial charge is 0.468 e. The van der Waals surface area contributed by atoms with E-state index < -0.39 is 30.3 Å². The third kappa shape index (κ3) is 5.69. The molecule has 0 spiro atoms. The highest BCUT2D eigenvalue weighted by Crippen LogP contribution is 2.20. The zero-order chi connectivity index (χ0) is 20.1. The average Bonchev–Trinajstić information content (AvgIpc) is 2.58. The van der Waals surface area contributed by atoms with Crippen molar-refractivity contribution >= 4 is 18.0 Å². The van der Waals surface area contributed by atoms with Crippen LogP contribution >= 0.6 is 0 Å². The third-order valence-electron chi connectivity index (χ3n) is 3.38. The molecule has 1 aliphatic rings. The summed E-state index contributed by atoms with van der Waals surface area (Å²) in [7, 11) is 0. The minimum absolute atomic E-state index is 0.0345. The van der Waals surface area contributed by atoms with Crippen molar-refractivity contribution < 1.29 is 27.5 Å². The number of nitrogens with zero attached hydrogens (tertiary/aromatic N) is 2. The second-order valence-electron chi connectivity index (χ2n) is 5.78. The van der Waals surface area contributed by atoms with Gasteiger partial charge in [0.25, 0.3) is 5.91 Å². The first kappa shape index (κ1) is 20.2. The van der Waals surface area contributed by atoms with E-state index >= 15 is 0 Å². The van der Waals surface area contributed by atoms with Crippen LogP contribution in [0, 0.1) is 6.92 Å². The molecule has 8 nitrogen and oxygen atoms in total. The molecule has 11 heteroatoms. The van der Waals surface area contributed by atoms with Crippen LogP contribution in [0.1, 0.15) is 18.1 Å². The predicted octanol–water partition coefficient (Wildman–Crippen LogP) is 0.925. The number of hydrogen-bond donors (Lipinski definition) is 3. The highest BCUT2D eigenvalue weighted by molar-refractivity contribution is 6.06. The number of amides is 2. The summed E-state index contributed by atoms with van der Waals surface area (Å²) < 4.78 is 41.3. The van der Waals surface area contributed by atoms with Crippen molar-refractivity contribution in [1.29, 1.82) is 0 Å². The van der Waals surface area contributed by atoms with E-state index in [0.717, 1.165) is 0 Å². The van der Waals surface area contributed by atoms with Gasteiger partial charge in [0.15, 0.2) is 6.61 Å². The van der Waals surface area contributed by atoms with Crippen LogP contribution in [0.15, 0.2) is 29.7 Å². The highest BCUT2D eigenvalue weighted by Gasteiger charge is 2.37. The Labute approximate surface area is 152 Å². The van der Waals surface area contributed by atoms with Gasteiger partial charge in [-0.05, 0) is 18.6 Å². The summed E-state index contributed by atoms with van der Waals surface area (Å²) in [6, 6.07) is 1.55. The summed E-state index contributed by atoms with van der Waals surface area (Å²) in [5.41, 5.74) is -0.594. The van der Waals surface area contributed by atoms with Gasteiger partial charge in [-0.1, -0.05) is 0 Å². The lowest BCUT2D eigenvalue weighted by Gasteiger charge is -2.30. The van der Waals surface area contributed by atoms with Crippen LogP contribution < -0.4 is 20.7 Å². The van der Waals surface area contributed by atoms with Crippen LogP contribution in [-0.4, -0.2) is 41.5 Å². The Morgan fingerprint density at radius 3 is 2.67 bits per heavy atom. The first-order chi connectivity index (χ1) is 12.6. The number of alkyl halides is 3. The first-order valence-corrected chi connectivity index (χ1v) is 7.80. The maximum atomic E-state index is 12.5. The van der Waals surface area contributed by atoms with E-state index in [4.69, 9.17) is 0 Å². The van der Waals surface area contributed by atoms with Crippen molar-refractivity contribution in [2.24, 2.45) is 4.99 Å². The van der Waals surface area contributed by atoms with Crippen LogP contribution in [0.4, 0.5) is 13.2 Å². The number of carbonyl (C=O) groups excluding carboxylic acids is 2. The zero-order valence-electron chi connectivity index (χ0n) is 14.6. The number of aromatic nitrogens is 1. The van der Waals surface area contributed by atoms with E-state index in [2.05, 4.69) is 30.7 Å². The molecule has 2 amide bonds. The van der Waals surface area contributed by atoms with Crippen molar-refractivity contribution in [3.63, 3.8) is 0 Å². The van der Waals surface area contributed by atoms with Crippen LogP contribution in [-0.2, 0) is 16.1 Å². The Balaban J connectivity index is 2.01. The lowest BCUT2D eigenvalue weighted by Crippen LogP contribution is -2.67. The van der Waals surface area contributed by atoms with Gasteiger partial charge in [-0.3, -0.25) is 14.6 Å². The molecule has 27 heavy (non-hydrogen) atoms. The fourth-order valence-corrected chi connectivity index (χ4v) is 2.27. The van der Waals surface area contributed by atoms with Crippen molar-refractivity contribution in [3.05, 3.63) is 35.8 Å². The molecular formula is C16H18F3N5O3. The molecule has 1 aliphatic heterocycles. The number of halogens is 3. The van der Waals surface area contributed by atoms with Gasteiger partial charge in [-0.2, -0.15) is 13.2 Å². The summed E-state index contributed by atoms with van der Waals surface area (Å²) in [6.45, 7) is 1.40. The number of carbonyl (C=O) groups is 2. The van der Waals surface area contributed by atoms with Gasteiger partial charge in [-0.15, -0.1) is 0 Å². The van der Waals surface area contributed by atoms with Crippen molar-refractivity contribution in [2.45, 2.75) is 32.2 Å². The average molecular weight is 385 g/mol. The number of pyridine rings is 1.